The van der Waals surface area contributed by atoms with Gasteiger partial charge in [0, 0.05) is 19.5 Å². The van der Waals surface area contributed by atoms with Crippen molar-refractivity contribution in [3.63, 3.8) is 0 Å². The third kappa shape index (κ3) is 6.31. The third-order valence-electron chi connectivity index (χ3n) is 5.94. The van der Waals surface area contributed by atoms with Crippen molar-refractivity contribution in [2.24, 2.45) is 11.8 Å². The maximum atomic E-state index is 13.1. The summed E-state index contributed by atoms with van der Waals surface area (Å²) in [6.07, 6.45) is 8.14. The Balaban J connectivity index is 1.64. The molecule has 0 radical (unpaired) electrons. The first-order valence-electron chi connectivity index (χ1n) is 11.0. The molecule has 3 rings (SSSR count). The molecule has 5 heteroatoms. The quantitative estimate of drug-likeness (QED) is 0.768. The molecule has 2 heterocycles. The number of nitrogens with zero attached hydrogens (tertiary/aromatic N) is 1. The number of rotatable bonds is 6. The Hall–Kier alpha value is -1.85. The number of benzene rings is 1. The number of hydrogen-bond acceptors (Lipinski definition) is 4. The summed E-state index contributed by atoms with van der Waals surface area (Å²) in [4.78, 5) is 15.1. The van der Waals surface area contributed by atoms with E-state index in [1.165, 1.54) is 19.3 Å². The lowest BCUT2D eigenvalue weighted by atomic mass is 9.90. The van der Waals surface area contributed by atoms with E-state index < -0.39 is 6.29 Å². The van der Waals surface area contributed by atoms with Crippen LogP contribution in [-0.4, -0.2) is 35.3 Å². The molecule has 1 saturated heterocycles. The standard InChI is InChI=1S/C24H35NO4/c1-18(2)21-14-22(24(27)25-12-6-4-3-5-7-13-25)29-23(15-21)28-17-20-10-8-19(16-26)9-11-20/h8-11,14,18,21,23,26H,3-7,12-13,15-17H2,1-2H3. The molecule has 2 unspecified atom stereocenters. The molecule has 0 spiro atoms. The molecule has 1 aromatic carbocycles. The molecule has 1 aromatic rings. The summed E-state index contributed by atoms with van der Waals surface area (Å²) >= 11 is 0. The van der Waals surface area contributed by atoms with Gasteiger partial charge in [-0.2, -0.15) is 0 Å². The van der Waals surface area contributed by atoms with Crippen LogP contribution < -0.4 is 0 Å². The molecular weight excluding hydrogens is 366 g/mol. The number of carbonyl (C=O) groups is 1. The van der Waals surface area contributed by atoms with Crippen molar-refractivity contribution in [2.75, 3.05) is 13.1 Å². The van der Waals surface area contributed by atoms with Crippen LogP contribution in [0.15, 0.2) is 36.1 Å². The number of likely N-dealkylation sites (tertiary alicyclic amines) is 1. The second kappa shape index (κ2) is 10.8. The van der Waals surface area contributed by atoms with Crippen molar-refractivity contribution in [3.8, 4) is 0 Å². The summed E-state index contributed by atoms with van der Waals surface area (Å²) in [6.45, 7) is 6.44. The Bertz CT molecular complexity index is 675. The zero-order chi connectivity index (χ0) is 20.6. The number of amides is 1. The molecule has 0 aromatic heterocycles. The number of carbonyl (C=O) groups excluding carboxylic acids is 1. The van der Waals surface area contributed by atoms with Gasteiger partial charge in [0.1, 0.15) is 0 Å². The minimum Gasteiger partial charge on any atom is -0.459 e. The molecule has 1 amide bonds. The van der Waals surface area contributed by atoms with Crippen LogP contribution in [0.1, 0.15) is 63.5 Å². The van der Waals surface area contributed by atoms with E-state index in [0.29, 0.717) is 18.3 Å². The average molecular weight is 402 g/mol. The normalized spacial score (nSPS) is 23.2. The predicted octanol–water partition coefficient (Wildman–Crippen LogP) is 4.39. The van der Waals surface area contributed by atoms with E-state index in [4.69, 9.17) is 9.47 Å². The van der Waals surface area contributed by atoms with E-state index in [-0.39, 0.29) is 18.4 Å². The van der Waals surface area contributed by atoms with E-state index in [0.717, 1.165) is 43.5 Å². The van der Waals surface area contributed by atoms with Gasteiger partial charge in [0.25, 0.3) is 5.91 Å². The summed E-state index contributed by atoms with van der Waals surface area (Å²) in [7, 11) is 0. The first kappa shape index (κ1) is 21.8. The lowest BCUT2D eigenvalue weighted by molar-refractivity contribution is -0.160. The van der Waals surface area contributed by atoms with Gasteiger partial charge in [0.2, 0.25) is 6.29 Å². The molecule has 29 heavy (non-hydrogen) atoms. The summed E-state index contributed by atoms with van der Waals surface area (Å²) in [5.41, 5.74) is 1.91. The highest BCUT2D eigenvalue weighted by Gasteiger charge is 2.31. The Morgan fingerprint density at radius 3 is 2.34 bits per heavy atom. The van der Waals surface area contributed by atoms with Gasteiger partial charge in [-0.3, -0.25) is 4.79 Å². The summed E-state index contributed by atoms with van der Waals surface area (Å²) in [5, 5.41) is 9.17. The molecule has 2 atom stereocenters. The molecule has 2 aliphatic rings. The smallest absolute Gasteiger partial charge is 0.288 e. The highest BCUT2D eigenvalue weighted by atomic mass is 16.7. The third-order valence-corrected chi connectivity index (χ3v) is 5.94. The summed E-state index contributed by atoms with van der Waals surface area (Å²) < 4.78 is 12.1. The average Bonchev–Trinajstić information content (AvgIpc) is 2.71. The number of ether oxygens (including phenoxy) is 2. The highest BCUT2D eigenvalue weighted by Crippen LogP contribution is 2.30. The van der Waals surface area contributed by atoms with Crippen molar-refractivity contribution >= 4 is 5.91 Å². The van der Waals surface area contributed by atoms with Crippen molar-refractivity contribution in [1.82, 2.24) is 4.90 Å². The van der Waals surface area contributed by atoms with Gasteiger partial charge >= 0.3 is 0 Å². The SMILES string of the molecule is CC(C)C1C=C(C(=O)N2CCCCCCC2)OC(OCc2ccc(CO)cc2)C1. The topological polar surface area (TPSA) is 59.0 Å². The fourth-order valence-electron chi connectivity index (χ4n) is 3.94. The van der Waals surface area contributed by atoms with Crippen LogP contribution in [0.3, 0.4) is 0 Å². The molecule has 1 N–H and O–H groups in total. The van der Waals surface area contributed by atoms with Crippen LogP contribution in [0.4, 0.5) is 0 Å². The van der Waals surface area contributed by atoms with Gasteiger partial charge in [-0.15, -0.1) is 0 Å². The fourth-order valence-corrected chi connectivity index (χ4v) is 3.94. The minimum atomic E-state index is -0.418. The van der Waals surface area contributed by atoms with Crippen molar-refractivity contribution < 1.29 is 19.4 Å². The monoisotopic (exact) mass is 401 g/mol. The van der Waals surface area contributed by atoms with E-state index >= 15 is 0 Å². The first-order valence-corrected chi connectivity index (χ1v) is 11.0. The van der Waals surface area contributed by atoms with Crippen LogP contribution in [-0.2, 0) is 27.5 Å². The second-order valence-corrected chi connectivity index (χ2v) is 8.57. The molecule has 5 nitrogen and oxygen atoms in total. The Morgan fingerprint density at radius 1 is 1.10 bits per heavy atom. The molecular formula is C24H35NO4. The van der Waals surface area contributed by atoms with Gasteiger partial charge in [0.05, 0.1) is 13.2 Å². The number of aliphatic hydroxyl groups excluding tert-OH is 1. The van der Waals surface area contributed by atoms with Gasteiger partial charge in [-0.05, 0) is 41.9 Å². The van der Waals surface area contributed by atoms with Crippen LogP contribution in [0.5, 0.6) is 0 Å². The Kier molecular flexibility index (Phi) is 8.13. The van der Waals surface area contributed by atoms with Crippen LogP contribution >= 0.6 is 0 Å². The molecule has 160 valence electrons. The zero-order valence-corrected chi connectivity index (χ0v) is 17.8. The molecule has 1 fully saturated rings. The van der Waals surface area contributed by atoms with Gasteiger partial charge < -0.3 is 19.5 Å². The molecule has 0 saturated carbocycles. The molecule has 2 aliphatic heterocycles. The zero-order valence-electron chi connectivity index (χ0n) is 17.8. The van der Waals surface area contributed by atoms with Crippen LogP contribution in [0.2, 0.25) is 0 Å². The van der Waals surface area contributed by atoms with E-state index in [2.05, 4.69) is 13.8 Å². The largest absolute Gasteiger partial charge is 0.459 e. The second-order valence-electron chi connectivity index (χ2n) is 8.57. The van der Waals surface area contributed by atoms with E-state index in [1.807, 2.05) is 35.2 Å². The van der Waals surface area contributed by atoms with Crippen molar-refractivity contribution in [2.45, 2.75) is 71.9 Å². The van der Waals surface area contributed by atoms with Crippen LogP contribution in [0, 0.1) is 11.8 Å². The minimum absolute atomic E-state index is 0.0122. The van der Waals surface area contributed by atoms with Crippen LogP contribution in [0.25, 0.3) is 0 Å². The number of hydrogen-bond donors (Lipinski definition) is 1. The maximum Gasteiger partial charge on any atom is 0.288 e. The lowest BCUT2D eigenvalue weighted by Gasteiger charge is -2.33. The molecule has 0 bridgehead atoms. The van der Waals surface area contributed by atoms with Crippen molar-refractivity contribution in [3.05, 3.63) is 47.2 Å². The summed E-state index contributed by atoms with van der Waals surface area (Å²) in [6, 6.07) is 7.70. The Morgan fingerprint density at radius 2 is 1.72 bits per heavy atom. The van der Waals surface area contributed by atoms with Gasteiger partial charge in [-0.25, -0.2) is 0 Å². The van der Waals surface area contributed by atoms with Crippen molar-refractivity contribution in [1.29, 1.82) is 0 Å². The van der Waals surface area contributed by atoms with E-state index in [1.54, 1.807) is 0 Å². The number of aliphatic hydroxyl groups is 1. The fraction of sp³-hybridized carbons (Fsp3) is 0.625. The number of allylic oxidation sites excluding steroid dienone is 1. The van der Waals surface area contributed by atoms with E-state index in [9.17, 15) is 9.90 Å². The lowest BCUT2D eigenvalue weighted by Crippen LogP contribution is -2.38. The summed E-state index contributed by atoms with van der Waals surface area (Å²) in [5.74, 6) is 1.15. The first-order chi connectivity index (χ1) is 14.1. The Labute approximate surface area is 174 Å². The predicted molar refractivity (Wildman–Crippen MR) is 113 cm³/mol. The van der Waals surface area contributed by atoms with Gasteiger partial charge in [0.15, 0.2) is 5.76 Å². The highest BCUT2D eigenvalue weighted by molar-refractivity contribution is 5.91. The maximum absolute atomic E-state index is 13.1. The van der Waals surface area contributed by atoms with Gasteiger partial charge in [-0.1, -0.05) is 57.4 Å². The molecule has 0 aliphatic carbocycles.